The maximum absolute atomic E-state index is 6.21. The van der Waals surface area contributed by atoms with Crippen molar-refractivity contribution in [2.45, 2.75) is 69.6 Å². The van der Waals surface area contributed by atoms with E-state index >= 15 is 0 Å². The van der Waals surface area contributed by atoms with Crippen LogP contribution in [0.5, 0.6) is 0 Å². The van der Waals surface area contributed by atoms with Crippen molar-refractivity contribution in [2.24, 2.45) is 10.7 Å². The van der Waals surface area contributed by atoms with Crippen molar-refractivity contribution in [2.75, 3.05) is 26.2 Å². The van der Waals surface area contributed by atoms with Gasteiger partial charge in [-0.15, -0.1) is 24.0 Å². The van der Waals surface area contributed by atoms with E-state index in [2.05, 4.69) is 45.4 Å². The maximum Gasteiger partial charge on any atom is 0.189 e. The van der Waals surface area contributed by atoms with Gasteiger partial charge in [-0.25, -0.2) is 0 Å². The fourth-order valence-electron chi connectivity index (χ4n) is 4.78. The molecule has 0 amide bonds. The topological polar surface area (TPSA) is 56.9 Å². The fourth-order valence-corrected chi connectivity index (χ4v) is 4.78. The zero-order valence-electron chi connectivity index (χ0n) is 16.9. The first kappa shape index (κ1) is 21.8. The summed E-state index contributed by atoms with van der Waals surface area (Å²) in [4.78, 5) is 9.99. The number of hydrogen-bond acceptors (Lipinski definition) is 3. The number of nitrogens with zero attached hydrogens (tertiary/aromatic N) is 3. The highest BCUT2D eigenvalue weighted by molar-refractivity contribution is 14.0. The molecule has 1 aromatic rings. The minimum Gasteiger partial charge on any atom is -0.370 e. The van der Waals surface area contributed by atoms with Crippen LogP contribution in [-0.4, -0.2) is 60.1 Å². The number of halogens is 1. The lowest BCUT2D eigenvalue weighted by molar-refractivity contribution is 0.0845. The molecule has 1 saturated carbocycles. The van der Waals surface area contributed by atoms with E-state index in [0.717, 1.165) is 38.5 Å². The highest BCUT2D eigenvalue weighted by Gasteiger charge is 2.34. The molecule has 0 spiro atoms. The van der Waals surface area contributed by atoms with Crippen molar-refractivity contribution in [3.8, 4) is 0 Å². The molecule has 28 heavy (non-hydrogen) atoms. The lowest BCUT2D eigenvalue weighted by Gasteiger charge is -2.44. The van der Waals surface area contributed by atoms with Gasteiger partial charge in [0.1, 0.15) is 0 Å². The van der Waals surface area contributed by atoms with E-state index in [1.54, 1.807) is 0 Å². The van der Waals surface area contributed by atoms with E-state index in [4.69, 9.17) is 10.7 Å². The molecule has 5 nitrogen and oxygen atoms in total. The van der Waals surface area contributed by atoms with Crippen LogP contribution < -0.4 is 11.1 Å². The monoisotopic (exact) mass is 497 g/mol. The van der Waals surface area contributed by atoms with Gasteiger partial charge in [0.05, 0.1) is 6.04 Å². The Labute approximate surface area is 187 Å². The van der Waals surface area contributed by atoms with Gasteiger partial charge in [-0.05, 0) is 57.2 Å². The predicted molar refractivity (Wildman–Crippen MR) is 127 cm³/mol. The van der Waals surface area contributed by atoms with Gasteiger partial charge < -0.3 is 16.0 Å². The highest BCUT2D eigenvalue weighted by Crippen LogP contribution is 2.28. The van der Waals surface area contributed by atoms with Gasteiger partial charge >= 0.3 is 0 Å². The molecule has 3 aliphatic rings. The first-order valence-corrected chi connectivity index (χ1v) is 10.9. The Hall–Kier alpha value is -0.860. The van der Waals surface area contributed by atoms with Crippen LogP contribution in [0.25, 0.3) is 0 Å². The summed E-state index contributed by atoms with van der Waals surface area (Å²) in [5, 5.41) is 3.47. The maximum atomic E-state index is 6.21. The van der Waals surface area contributed by atoms with Gasteiger partial charge in [0.15, 0.2) is 5.96 Å². The fraction of sp³-hybridized carbons (Fsp3) is 0.682. The highest BCUT2D eigenvalue weighted by atomic mass is 127. The van der Waals surface area contributed by atoms with E-state index in [1.165, 1.54) is 50.8 Å². The van der Waals surface area contributed by atoms with Gasteiger partial charge in [0, 0.05) is 31.7 Å². The second-order valence-corrected chi connectivity index (χ2v) is 8.57. The Morgan fingerprint density at radius 2 is 1.68 bits per heavy atom. The summed E-state index contributed by atoms with van der Waals surface area (Å²) in [7, 11) is 0. The van der Waals surface area contributed by atoms with Crippen LogP contribution in [0.1, 0.15) is 50.5 Å². The molecular weight excluding hydrogens is 461 g/mol. The summed E-state index contributed by atoms with van der Waals surface area (Å²) >= 11 is 0. The summed E-state index contributed by atoms with van der Waals surface area (Å²) < 4.78 is 0. The molecule has 156 valence electrons. The largest absolute Gasteiger partial charge is 0.370 e. The molecule has 3 N–H and O–H groups in total. The van der Waals surface area contributed by atoms with E-state index in [9.17, 15) is 0 Å². The summed E-state index contributed by atoms with van der Waals surface area (Å²) in [6.07, 6.45) is 8.83. The molecule has 0 radical (unpaired) electrons. The molecule has 2 aliphatic heterocycles. The van der Waals surface area contributed by atoms with Crippen LogP contribution in [0.2, 0.25) is 0 Å². The average Bonchev–Trinajstić information content (AvgIpc) is 2.67. The Morgan fingerprint density at radius 3 is 2.36 bits per heavy atom. The lowest BCUT2D eigenvalue weighted by Crippen LogP contribution is -2.56. The number of likely N-dealkylation sites (tertiary alicyclic amines) is 2. The second-order valence-electron chi connectivity index (χ2n) is 8.57. The third-order valence-electron chi connectivity index (χ3n) is 6.50. The first-order chi connectivity index (χ1) is 13.3. The number of aliphatic imine (C=N–C) groups is 1. The Morgan fingerprint density at radius 1 is 1.00 bits per heavy atom. The van der Waals surface area contributed by atoms with Crippen LogP contribution in [0.15, 0.2) is 35.3 Å². The number of guanidine groups is 1. The van der Waals surface area contributed by atoms with E-state index in [0.29, 0.717) is 18.0 Å². The van der Waals surface area contributed by atoms with Gasteiger partial charge in [-0.2, -0.15) is 0 Å². The van der Waals surface area contributed by atoms with E-state index < -0.39 is 0 Å². The average molecular weight is 497 g/mol. The normalized spacial score (nSPS) is 27.6. The summed E-state index contributed by atoms with van der Waals surface area (Å²) in [5.41, 5.74) is 7.61. The van der Waals surface area contributed by atoms with Crippen LogP contribution in [0, 0.1) is 0 Å². The molecule has 6 heteroatoms. The van der Waals surface area contributed by atoms with Crippen molar-refractivity contribution in [1.82, 2.24) is 15.1 Å². The first-order valence-electron chi connectivity index (χ1n) is 10.9. The van der Waals surface area contributed by atoms with Crippen LogP contribution in [0.3, 0.4) is 0 Å². The molecule has 2 saturated heterocycles. The molecule has 4 rings (SSSR count). The lowest BCUT2D eigenvalue weighted by atomic mass is 9.84. The SMILES string of the molecule is I.NC(=NC1CCN(Cc2ccccc2)CC1)NC1CC(N2CCCCC2)C1. The zero-order valence-corrected chi connectivity index (χ0v) is 19.3. The number of rotatable bonds is 5. The summed E-state index contributed by atoms with van der Waals surface area (Å²) in [6.45, 7) is 5.85. The number of nitrogens with two attached hydrogens (primary N) is 1. The van der Waals surface area contributed by atoms with Gasteiger partial charge in [0.2, 0.25) is 0 Å². The van der Waals surface area contributed by atoms with Gasteiger partial charge in [-0.3, -0.25) is 9.89 Å². The van der Waals surface area contributed by atoms with Crippen LogP contribution in [-0.2, 0) is 6.54 Å². The van der Waals surface area contributed by atoms with Crippen molar-refractivity contribution in [3.63, 3.8) is 0 Å². The minimum atomic E-state index is 0. The van der Waals surface area contributed by atoms with Crippen LogP contribution >= 0.6 is 24.0 Å². The molecule has 0 atom stereocenters. The number of hydrogen-bond donors (Lipinski definition) is 2. The molecule has 0 aromatic heterocycles. The third kappa shape index (κ3) is 6.07. The van der Waals surface area contributed by atoms with Crippen molar-refractivity contribution >= 4 is 29.9 Å². The second kappa shape index (κ2) is 10.8. The quantitative estimate of drug-likeness (QED) is 0.373. The molecule has 0 bridgehead atoms. The molecule has 2 heterocycles. The zero-order chi connectivity index (χ0) is 18.5. The summed E-state index contributed by atoms with van der Waals surface area (Å²) in [5.74, 6) is 0.665. The predicted octanol–water partition coefficient (Wildman–Crippen LogP) is 3.19. The molecule has 1 aliphatic carbocycles. The number of piperidine rings is 2. The number of benzene rings is 1. The minimum absolute atomic E-state index is 0. The Kier molecular flexibility index (Phi) is 8.41. The van der Waals surface area contributed by atoms with Gasteiger partial charge in [-0.1, -0.05) is 36.8 Å². The number of nitrogens with one attached hydrogen (secondary N) is 1. The molecule has 1 aromatic carbocycles. The Balaban J connectivity index is 0.00000225. The smallest absolute Gasteiger partial charge is 0.189 e. The standard InChI is InChI=1S/C22H35N5.HI/c23-22(25-20-15-21(16-20)27-11-5-2-6-12-27)24-19-9-13-26(14-10-19)17-18-7-3-1-4-8-18;/h1,3-4,7-8,19-21H,2,5-6,9-17H2,(H3,23,24,25);1H. The van der Waals surface area contributed by atoms with Crippen LogP contribution in [0.4, 0.5) is 0 Å². The van der Waals surface area contributed by atoms with Gasteiger partial charge in [0.25, 0.3) is 0 Å². The third-order valence-corrected chi connectivity index (χ3v) is 6.50. The van der Waals surface area contributed by atoms with E-state index in [1.807, 2.05) is 0 Å². The van der Waals surface area contributed by atoms with Crippen molar-refractivity contribution < 1.29 is 0 Å². The Bertz CT molecular complexity index is 603. The summed E-state index contributed by atoms with van der Waals surface area (Å²) in [6, 6.07) is 12.4. The van der Waals surface area contributed by atoms with E-state index in [-0.39, 0.29) is 24.0 Å². The molecule has 0 unspecified atom stereocenters. The van der Waals surface area contributed by atoms with Crippen molar-refractivity contribution in [1.29, 1.82) is 0 Å². The molecule has 3 fully saturated rings. The van der Waals surface area contributed by atoms with Crippen molar-refractivity contribution in [3.05, 3.63) is 35.9 Å². The molecular formula is C22H36IN5.